The number of ether oxygens (including phenoxy) is 1. The maximum absolute atomic E-state index is 11.7. The minimum Gasteiger partial charge on any atom is -0.468 e. The summed E-state index contributed by atoms with van der Waals surface area (Å²) >= 11 is 1.78. The molecule has 0 aliphatic heterocycles. The van der Waals surface area contributed by atoms with Crippen LogP contribution in [-0.4, -0.2) is 36.2 Å². The van der Waals surface area contributed by atoms with Crippen LogP contribution in [-0.2, 0) is 9.53 Å². The fourth-order valence-electron chi connectivity index (χ4n) is 1.44. The van der Waals surface area contributed by atoms with Gasteiger partial charge in [0.15, 0.2) is 0 Å². The minimum absolute atomic E-state index is 0.181. The van der Waals surface area contributed by atoms with E-state index in [0.29, 0.717) is 0 Å². The maximum atomic E-state index is 11.7. The molecule has 0 aromatic rings. The van der Waals surface area contributed by atoms with E-state index in [9.17, 15) is 4.79 Å². The first kappa shape index (κ1) is 14.8. The Kier molecular flexibility index (Phi) is 7.02. The third kappa shape index (κ3) is 5.42. The predicted octanol–water partition coefficient (Wildman–Crippen LogP) is 2.06. The fourth-order valence-corrected chi connectivity index (χ4v) is 2.48. The first-order valence-electron chi connectivity index (χ1n) is 5.40. The maximum Gasteiger partial charge on any atom is 0.326 e. The van der Waals surface area contributed by atoms with E-state index in [0.717, 1.165) is 17.9 Å². The van der Waals surface area contributed by atoms with Crippen molar-refractivity contribution < 1.29 is 9.53 Å². The van der Waals surface area contributed by atoms with Crippen molar-refractivity contribution in [1.29, 1.82) is 0 Å². The lowest BCUT2D eigenvalue weighted by Gasteiger charge is -2.29. The molecule has 3 nitrogen and oxygen atoms in total. The first-order valence-corrected chi connectivity index (χ1v) is 6.55. The van der Waals surface area contributed by atoms with Gasteiger partial charge in [-0.25, -0.2) is 0 Å². The van der Waals surface area contributed by atoms with Crippen molar-refractivity contribution in [3.8, 4) is 0 Å². The normalized spacial score (nSPS) is 15.1. The summed E-state index contributed by atoms with van der Waals surface area (Å²) in [5.74, 6) is 1.65. The second-order valence-corrected chi connectivity index (χ2v) is 5.28. The number of carbonyl (C=O) groups is 1. The third-order valence-electron chi connectivity index (χ3n) is 1.98. The molecule has 1 atom stereocenters. The molecule has 0 aliphatic carbocycles. The Labute approximate surface area is 97.3 Å². The van der Waals surface area contributed by atoms with Crippen molar-refractivity contribution >= 4 is 17.7 Å². The topological polar surface area (TPSA) is 38.3 Å². The van der Waals surface area contributed by atoms with Crippen LogP contribution in [0.2, 0.25) is 0 Å². The molecule has 0 spiro atoms. The van der Waals surface area contributed by atoms with Gasteiger partial charge < -0.3 is 4.74 Å². The molecule has 1 N–H and O–H groups in total. The van der Waals surface area contributed by atoms with Gasteiger partial charge in [0, 0.05) is 11.8 Å². The second kappa shape index (κ2) is 7.12. The molecule has 0 heterocycles. The fraction of sp³-hybridized carbons (Fsp3) is 0.909. The highest BCUT2D eigenvalue weighted by molar-refractivity contribution is 7.99. The monoisotopic (exact) mass is 233 g/mol. The summed E-state index contributed by atoms with van der Waals surface area (Å²) in [7, 11) is 1.44. The Balaban J connectivity index is 4.33. The van der Waals surface area contributed by atoms with Gasteiger partial charge in [0.1, 0.15) is 5.54 Å². The number of hydrogen-bond donors (Lipinski definition) is 1. The molecule has 0 aromatic carbocycles. The van der Waals surface area contributed by atoms with Crippen molar-refractivity contribution in [2.24, 2.45) is 0 Å². The molecule has 0 aliphatic rings. The molecule has 4 heteroatoms. The lowest BCUT2D eigenvalue weighted by molar-refractivity contribution is -0.147. The van der Waals surface area contributed by atoms with E-state index in [2.05, 4.69) is 12.2 Å². The van der Waals surface area contributed by atoms with Crippen LogP contribution in [0.4, 0.5) is 0 Å². The Morgan fingerprint density at radius 2 is 2.13 bits per heavy atom. The third-order valence-corrected chi connectivity index (χ3v) is 3.46. The van der Waals surface area contributed by atoms with Crippen LogP contribution in [0.15, 0.2) is 0 Å². The molecule has 0 amide bonds. The molecule has 15 heavy (non-hydrogen) atoms. The number of rotatable bonds is 7. The zero-order valence-electron chi connectivity index (χ0n) is 10.4. The van der Waals surface area contributed by atoms with Gasteiger partial charge in [0.05, 0.1) is 7.11 Å². The Morgan fingerprint density at radius 3 is 2.53 bits per heavy atom. The summed E-state index contributed by atoms with van der Waals surface area (Å²) in [6, 6.07) is 0.274. The summed E-state index contributed by atoms with van der Waals surface area (Å²) < 4.78 is 4.83. The molecule has 0 radical (unpaired) electrons. The summed E-state index contributed by atoms with van der Waals surface area (Å²) in [6.45, 7) is 8.11. The van der Waals surface area contributed by atoms with Crippen LogP contribution < -0.4 is 5.32 Å². The first-order chi connectivity index (χ1) is 6.96. The smallest absolute Gasteiger partial charge is 0.326 e. The Morgan fingerprint density at radius 1 is 1.53 bits per heavy atom. The summed E-state index contributed by atoms with van der Waals surface area (Å²) in [4.78, 5) is 11.7. The zero-order valence-corrected chi connectivity index (χ0v) is 11.2. The number of esters is 1. The Hall–Kier alpha value is -0.220. The van der Waals surface area contributed by atoms with Crippen LogP contribution in [0.25, 0.3) is 0 Å². The van der Waals surface area contributed by atoms with E-state index in [-0.39, 0.29) is 12.0 Å². The van der Waals surface area contributed by atoms with Crippen molar-refractivity contribution in [1.82, 2.24) is 5.32 Å². The molecule has 0 saturated heterocycles. The van der Waals surface area contributed by atoms with Gasteiger partial charge >= 0.3 is 5.97 Å². The van der Waals surface area contributed by atoms with Crippen molar-refractivity contribution in [3.05, 3.63) is 0 Å². The second-order valence-electron chi connectivity index (χ2n) is 4.18. The molecule has 0 aromatic heterocycles. The zero-order chi connectivity index (χ0) is 11.9. The summed E-state index contributed by atoms with van der Waals surface area (Å²) in [5, 5.41) is 3.27. The quantitative estimate of drug-likeness (QED) is 0.539. The van der Waals surface area contributed by atoms with Crippen LogP contribution in [0.5, 0.6) is 0 Å². The summed E-state index contributed by atoms with van der Waals surface area (Å²) in [5.41, 5.74) is -0.567. The number of nitrogens with one attached hydrogen (secondary N) is 1. The van der Waals surface area contributed by atoms with Crippen molar-refractivity contribution in [2.75, 3.05) is 18.6 Å². The highest BCUT2D eigenvalue weighted by Gasteiger charge is 2.34. The molecule has 0 saturated carbocycles. The van der Waals surface area contributed by atoms with Crippen LogP contribution in [0, 0.1) is 0 Å². The van der Waals surface area contributed by atoms with Gasteiger partial charge in [0.25, 0.3) is 0 Å². The number of carbonyl (C=O) groups excluding carboxylic acids is 1. The van der Waals surface area contributed by atoms with Gasteiger partial charge in [-0.3, -0.25) is 10.1 Å². The SMILES string of the molecule is CCCSCC(C)(NC(C)C)C(=O)OC. The average molecular weight is 233 g/mol. The van der Waals surface area contributed by atoms with E-state index in [1.54, 1.807) is 11.8 Å². The molecule has 0 rings (SSSR count). The molecular formula is C11H23NO2S. The summed E-state index contributed by atoms with van der Waals surface area (Å²) in [6.07, 6.45) is 1.13. The number of thioether (sulfide) groups is 1. The van der Waals surface area contributed by atoms with Crippen LogP contribution >= 0.6 is 11.8 Å². The van der Waals surface area contributed by atoms with Gasteiger partial charge in [0.2, 0.25) is 0 Å². The molecule has 90 valence electrons. The largest absolute Gasteiger partial charge is 0.468 e. The molecule has 0 fully saturated rings. The van der Waals surface area contributed by atoms with Crippen LogP contribution in [0.3, 0.4) is 0 Å². The standard InChI is InChI=1S/C11H23NO2S/c1-6-7-15-8-11(4,10(13)14-5)12-9(2)3/h9,12H,6-8H2,1-5H3. The van der Waals surface area contributed by atoms with E-state index in [4.69, 9.17) is 4.74 Å². The highest BCUT2D eigenvalue weighted by atomic mass is 32.2. The van der Waals surface area contributed by atoms with Crippen molar-refractivity contribution in [2.45, 2.75) is 45.7 Å². The Bertz CT molecular complexity index is 197. The number of methoxy groups -OCH3 is 1. The lowest BCUT2D eigenvalue weighted by Crippen LogP contribution is -2.55. The van der Waals surface area contributed by atoms with E-state index in [1.807, 2.05) is 20.8 Å². The average Bonchev–Trinajstić information content (AvgIpc) is 2.15. The van der Waals surface area contributed by atoms with Gasteiger partial charge in [-0.15, -0.1) is 0 Å². The van der Waals surface area contributed by atoms with Crippen molar-refractivity contribution in [3.63, 3.8) is 0 Å². The predicted molar refractivity (Wildman–Crippen MR) is 66.3 cm³/mol. The van der Waals surface area contributed by atoms with Crippen LogP contribution in [0.1, 0.15) is 34.1 Å². The molecule has 1 unspecified atom stereocenters. The lowest BCUT2D eigenvalue weighted by atomic mass is 10.0. The minimum atomic E-state index is -0.567. The van der Waals surface area contributed by atoms with Gasteiger partial charge in [-0.2, -0.15) is 11.8 Å². The molecule has 0 bridgehead atoms. The van der Waals surface area contributed by atoms with E-state index >= 15 is 0 Å². The van der Waals surface area contributed by atoms with Gasteiger partial charge in [-0.05, 0) is 32.9 Å². The number of hydrogen-bond acceptors (Lipinski definition) is 4. The van der Waals surface area contributed by atoms with E-state index in [1.165, 1.54) is 7.11 Å². The highest BCUT2D eigenvalue weighted by Crippen LogP contribution is 2.16. The van der Waals surface area contributed by atoms with E-state index < -0.39 is 5.54 Å². The molecular weight excluding hydrogens is 210 g/mol. The van der Waals surface area contributed by atoms with Gasteiger partial charge in [-0.1, -0.05) is 6.92 Å².